The van der Waals surface area contributed by atoms with Gasteiger partial charge >= 0.3 is 8.80 Å². The van der Waals surface area contributed by atoms with Gasteiger partial charge in [0.1, 0.15) is 0 Å². The molecule has 0 aromatic rings. The molecular formula is C22H48O4Si. The van der Waals surface area contributed by atoms with Crippen molar-refractivity contribution >= 4 is 8.80 Å². The zero-order chi connectivity index (χ0) is 20.1. The molecule has 0 amide bonds. The number of ether oxygens (including phenoxy) is 1. The molecule has 0 rings (SSSR count). The first-order valence-corrected chi connectivity index (χ1v) is 13.7. The van der Waals surface area contributed by atoms with Gasteiger partial charge in [-0.1, -0.05) is 64.7 Å². The van der Waals surface area contributed by atoms with Crippen LogP contribution in [0.15, 0.2) is 0 Å². The van der Waals surface area contributed by atoms with Crippen molar-refractivity contribution in [3.05, 3.63) is 0 Å². The van der Waals surface area contributed by atoms with E-state index in [1.807, 2.05) is 20.8 Å². The summed E-state index contributed by atoms with van der Waals surface area (Å²) in [5.74, 6) is 0. The largest absolute Gasteiger partial charge is 0.500 e. The average molecular weight is 405 g/mol. The standard InChI is InChI=1S/C22H48O4Si/c1-5-9-20-23-21-18-16-14-12-10-11-13-15-17-19-22-27(24-6-2,25-7-3)26-8-4/h5-22H2,1-4H3. The van der Waals surface area contributed by atoms with Crippen LogP contribution in [-0.2, 0) is 18.0 Å². The van der Waals surface area contributed by atoms with E-state index in [1.54, 1.807) is 0 Å². The van der Waals surface area contributed by atoms with E-state index in [1.165, 1.54) is 70.6 Å². The summed E-state index contributed by atoms with van der Waals surface area (Å²) in [6, 6.07) is 0.961. The lowest BCUT2D eigenvalue weighted by atomic mass is 10.1. The minimum absolute atomic E-state index is 0.678. The fourth-order valence-corrected chi connectivity index (χ4v) is 6.00. The Morgan fingerprint density at radius 1 is 0.481 bits per heavy atom. The minimum Gasteiger partial charge on any atom is -0.381 e. The van der Waals surface area contributed by atoms with E-state index < -0.39 is 8.80 Å². The second kappa shape index (κ2) is 20.8. The summed E-state index contributed by atoms with van der Waals surface area (Å²) in [5.41, 5.74) is 0. The first kappa shape index (κ1) is 27.1. The number of hydrogen-bond donors (Lipinski definition) is 0. The average Bonchev–Trinajstić information content (AvgIpc) is 2.65. The molecule has 0 aliphatic heterocycles. The van der Waals surface area contributed by atoms with E-state index in [0.717, 1.165) is 25.7 Å². The summed E-state index contributed by atoms with van der Waals surface area (Å²) < 4.78 is 23.3. The molecule has 0 aliphatic carbocycles. The summed E-state index contributed by atoms with van der Waals surface area (Å²) in [5, 5.41) is 0. The van der Waals surface area contributed by atoms with Gasteiger partial charge in [-0.3, -0.25) is 0 Å². The SMILES string of the molecule is CCCCOCCCCCCCCCCCC[Si](OCC)(OCC)OCC. The maximum atomic E-state index is 5.92. The van der Waals surface area contributed by atoms with Crippen LogP contribution in [0, 0.1) is 0 Å². The van der Waals surface area contributed by atoms with Crippen molar-refractivity contribution in [1.29, 1.82) is 0 Å². The molecule has 0 saturated heterocycles. The fraction of sp³-hybridized carbons (Fsp3) is 1.00. The first-order valence-electron chi connectivity index (χ1n) is 11.7. The Morgan fingerprint density at radius 3 is 1.33 bits per heavy atom. The quantitative estimate of drug-likeness (QED) is 0.148. The normalized spacial score (nSPS) is 12.0. The van der Waals surface area contributed by atoms with Crippen LogP contribution < -0.4 is 0 Å². The second-order valence-electron chi connectivity index (χ2n) is 7.23. The highest BCUT2D eigenvalue weighted by Gasteiger charge is 2.39. The van der Waals surface area contributed by atoms with Crippen LogP contribution >= 0.6 is 0 Å². The molecule has 4 nitrogen and oxygen atoms in total. The van der Waals surface area contributed by atoms with Crippen molar-refractivity contribution in [3.63, 3.8) is 0 Å². The highest BCUT2D eigenvalue weighted by molar-refractivity contribution is 6.60. The Labute approximate surface area is 171 Å². The third-order valence-corrected chi connectivity index (χ3v) is 7.91. The maximum absolute atomic E-state index is 5.92. The van der Waals surface area contributed by atoms with Gasteiger partial charge in [0.2, 0.25) is 0 Å². The molecule has 0 N–H and O–H groups in total. The van der Waals surface area contributed by atoms with E-state index in [-0.39, 0.29) is 0 Å². The molecule has 27 heavy (non-hydrogen) atoms. The van der Waals surface area contributed by atoms with Gasteiger partial charge in [-0.25, -0.2) is 0 Å². The third-order valence-electron chi connectivity index (χ3n) is 4.76. The van der Waals surface area contributed by atoms with Crippen LogP contribution in [0.3, 0.4) is 0 Å². The predicted molar refractivity (Wildman–Crippen MR) is 117 cm³/mol. The molecule has 0 fully saturated rings. The Hall–Kier alpha value is 0.0569. The fourth-order valence-electron chi connectivity index (χ4n) is 3.31. The lowest BCUT2D eigenvalue weighted by Gasteiger charge is -2.28. The first-order chi connectivity index (χ1) is 13.2. The van der Waals surface area contributed by atoms with Crippen LogP contribution in [-0.4, -0.2) is 41.8 Å². The molecule has 0 aromatic carbocycles. The summed E-state index contributed by atoms with van der Waals surface area (Å²) in [6.07, 6.45) is 15.6. The van der Waals surface area contributed by atoms with Crippen molar-refractivity contribution in [3.8, 4) is 0 Å². The van der Waals surface area contributed by atoms with Crippen molar-refractivity contribution < 1.29 is 18.0 Å². The maximum Gasteiger partial charge on any atom is 0.500 e. The van der Waals surface area contributed by atoms with Crippen LogP contribution in [0.1, 0.15) is 105 Å². The summed E-state index contributed by atoms with van der Waals surface area (Å²) in [7, 11) is -2.41. The Balaban J connectivity index is 3.49. The monoisotopic (exact) mass is 404 g/mol. The zero-order valence-corrected chi connectivity index (χ0v) is 19.9. The summed E-state index contributed by atoms with van der Waals surface area (Å²) in [4.78, 5) is 0. The highest BCUT2D eigenvalue weighted by Crippen LogP contribution is 2.21. The highest BCUT2D eigenvalue weighted by atomic mass is 28.4. The topological polar surface area (TPSA) is 36.9 Å². The van der Waals surface area contributed by atoms with Gasteiger partial charge < -0.3 is 18.0 Å². The van der Waals surface area contributed by atoms with E-state index in [2.05, 4.69) is 6.92 Å². The van der Waals surface area contributed by atoms with E-state index >= 15 is 0 Å². The van der Waals surface area contributed by atoms with Gasteiger partial charge in [0.05, 0.1) is 0 Å². The van der Waals surface area contributed by atoms with Crippen molar-refractivity contribution in [1.82, 2.24) is 0 Å². The van der Waals surface area contributed by atoms with Gasteiger partial charge in [-0.05, 0) is 40.0 Å². The summed E-state index contributed by atoms with van der Waals surface area (Å²) in [6.45, 7) is 12.2. The molecule has 0 spiro atoms. The Kier molecular flexibility index (Phi) is 20.8. The van der Waals surface area contributed by atoms with Gasteiger partial charge in [0, 0.05) is 39.1 Å². The Bertz CT molecular complexity index is 272. The lowest BCUT2D eigenvalue weighted by molar-refractivity contribution is 0.0706. The summed E-state index contributed by atoms with van der Waals surface area (Å²) >= 11 is 0. The third kappa shape index (κ3) is 16.7. The molecule has 0 saturated carbocycles. The van der Waals surface area contributed by atoms with Gasteiger partial charge in [-0.15, -0.1) is 0 Å². The molecule has 0 heterocycles. The molecule has 0 bridgehead atoms. The lowest BCUT2D eigenvalue weighted by Crippen LogP contribution is -2.45. The van der Waals surface area contributed by atoms with Crippen molar-refractivity contribution in [2.75, 3.05) is 33.0 Å². The van der Waals surface area contributed by atoms with E-state index in [9.17, 15) is 0 Å². The molecule has 0 aromatic heterocycles. The van der Waals surface area contributed by atoms with Gasteiger partial charge in [-0.2, -0.15) is 0 Å². The van der Waals surface area contributed by atoms with Crippen LogP contribution in [0.4, 0.5) is 0 Å². The molecule has 0 radical (unpaired) electrons. The smallest absolute Gasteiger partial charge is 0.381 e. The molecular weight excluding hydrogens is 356 g/mol. The van der Waals surface area contributed by atoms with Crippen molar-refractivity contribution in [2.24, 2.45) is 0 Å². The van der Waals surface area contributed by atoms with Gasteiger partial charge in [0.15, 0.2) is 0 Å². The van der Waals surface area contributed by atoms with Crippen LogP contribution in [0.5, 0.6) is 0 Å². The number of hydrogen-bond acceptors (Lipinski definition) is 4. The van der Waals surface area contributed by atoms with Crippen LogP contribution in [0.25, 0.3) is 0 Å². The molecule has 5 heteroatoms. The van der Waals surface area contributed by atoms with E-state index in [0.29, 0.717) is 19.8 Å². The second-order valence-corrected chi connectivity index (χ2v) is 9.97. The van der Waals surface area contributed by atoms with Crippen molar-refractivity contribution in [2.45, 2.75) is 111 Å². The number of rotatable bonds is 22. The van der Waals surface area contributed by atoms with Gasteiger partial charge in [0.25, 0.3) is 0 Å². The molecule has 0 aliphatic rings. The Morgan fingerprint density at radius 2 is 0.889 bits per heavy atom. The van der Waals surface area contributed by atoms with E-state index in [4.69, 9.17) is 18.0 Å². The predicted octanol–water partition coefficient (Wildman–Crippen LogP) is 6.75. The molecule has 164 valence electrons. The zero-order valence-electron chi connectivity index (χ0n) is 18.9. The molecule has 0 unspecified atom stereocenters. The number of unbranched alkanes of at least 4 members (excludes halogenated alkanes) is 10. The van der Waals surface area contributed by atoms with Crippen LogP contribution in [0.2, 0.25) is 6.04 Å². The molecule has 0 atom stereocenters. The minimum atomic E-state index is -2.41.